The Balaban J connectivity index is 1.98. The van der Waals surface area contributed by atoms with Crippen molar-refractivity contribution in [1.82, 2.24) is 15.0 Å². The van der Waals surface area contributed by atoms with Crippen molar-refractivity contribution < 1.29 is 0 Å². The topological polar surface area (TPSA) is 66.5 Å². The van der Waals surface area contributed by atoms with Gasteiger partial charge in [-0.05, 0) is 30.7 Å². The molecule has 2 aromatic carbocycles. The summed E-state index contributed by atoms with van der Waals surface area (Å²) < 4.78 is 1.90. The average molecular weight is 291 g/mol. The predicted octanol–water partition coefficient (Wildman–Crippen LogP) is 3.71. The molecule has 110 valence electrons. The van der Waals surface area contributed by atoms with E-state index in [0.29, 0.717) is 5.56 Å². The number of nitrogens with one attached hydrogen (secondary N) is 1. The van der Waals surface area contributed by atoms with Gasteiger partial charge >= 0.3 is 0 Å². The van der Waals surface area contributed by atoms with Crippen LogP contribution in [0.5, 0.6) is 0 Å². The largest absolute Gasteiger partial charge is 0.363 e. The molecule has 0 saturated carbocycles. The minimum Gasteiger partial charge on any atom is -0.363 e. The van der Waals surface area contributed by atoms with Crippen LogP contribution < -0.4 is 5.32 Å². The Bertz CT molecular complexity index is 815. The van der Waals surface area contributed by atoms with Gasteiger partial charge in [0.2, 0.25) is 0 Å². The molecule has 1 atom stereocenters. The number of benzene rings is 2. The van der Waals surface area contributed by atoms with Gasteiger partial charge < -0.3 is 5.32 Å². The van der Waals surface area contributed by atoms with E-state index >= 15 is 0 Å². The Morgan fingerprint density at radius 1 is 1.18 bits per heavy atom. The van der Waals surface area contributed by atoms with Crippen molar-refractivity contribution >= 4 is 16.7 Å². The lowest BCUT2D eigenvalue weighted by molar-refractivity contribution is 0.467. The van der Waals surface area contributed by atoms with Crippen molar-refractivity contribution in [3.8, 4) is 6.07 Å². The van der Waals surface area contributed by atoms with Gasteiger partial charge in [-0.15, -0.1) is 5.10 Å². The molecule has 0 unspecified atom stereocenters. The van der Waals surface area contributed by atoms with Crippen LogP contribution in [0.2, 0.25) is 0 Å². The number of hydrogen-bond donors (Lipinski definition) is 1. The van der Waals surface area contributed by atoms with Gasteiger partial charge in [0, 0.05) is 0 Å². The predicted molar refractivity (Wildman–Crippen MR) is 86.3 cm³/mol. The van der Waals surface area contributed by atoms with Gasteiger partial charge in [-0.1, -0.05) is 42.8 Å². The van der Waals surface area contributed by atoms with E-state index in [1.54, 1.807) is 0 Å². The molecule has 5 nitrogen and oxygen atoms in total. The number of nitriles is 1. The van der Waals surface area contributed by atoms with E-state index in [1.807, 2.05) is 53.2 Å². The fraction of sp³-hybridized carbons (Fsp3) is 0.235. The zero-order valence-electron chi connectivity index (χ0n) is 12.4. The summed E-state index contributed by atoms with van der Waals surface area (Å²) in [6.45, 7) is 2.13. The second-order valence-corrected chi connectivity index (χ2v) is 5.13. The molecule has 0 aliphatic heterocycles. The molecule has 22 heavy (non-hydrogen) atoms. The summed E-state index contributed by atoms with van der Waals surface area (Å²) >= 11 is 0. The molecule has 0 fully saturated rings. The lowest BCUT2D eigenvalue weighted by Crippen LogP contribution is -2.20. The minimum atomic E-state index is -0.0353. The van der Waals surface area contributed by atoms with Gasteiger partial charge in [-0.3, -0.25) is 0 Å². The molecule has 1 N–H and O–H groups in total. The summed E-state index contributed by atoms with van der Waals surface area (Å²) in [6.07, 6.45) is 1.86. The number of fused-ring (bicyclic) bond motifs is 1. The van der Waals surface area contributed by atoms with Gasteiger partial charge in [0.15, 0.2) is 0 Å². The number of nitrogens with zero attached hydrogens (tertiary/aromatic N) is 4. The lowest BCUT2D eigenvalue weighted by atomic mass is 10.1. The van der Waals surface area contributed by atoms with Gasteiger partial charge in [-0.2, -0.15) is 5.26 Å². The zero-order valence-corrected chi connectivity index (χ0v) is 12.4. The summed E-state index contributed by atoms with van der Waals surface area (Å²) in [6, 6.07) is 17.6. The lowest BCUT2D eigenvalue weighted by Gasteiger charge is -2.20. The molecule has 0 spiro atoms. The molecular formula is C17H17N5. The Hall–Kier alpha value is -2.87. The highest BCUT2D eigenvalue weighted by molar-refractivity contribution is 5.74. The Morgan fingerprint density at radius 3 is 2.77 bits per heavy atom. The van der Waals surface area contributed by atoms with E-state index in [2.05, 4.69) is 28.6 Å². The number of para-hydroxylation sites is 2. The van der Waals surface area contributed by atoms with Crippen molar-refractivity contribution in [2.24, 2.45) is 0 Å². The Morgan fingerprint density at radius 2 is 1.95 bits per heavy atom. The van der Waals surface area contributed by atoms with Crippen LogP contribution >= 0.6 is 0 Å². The van der Waals surface area contributed by atoms with Crippen LogP contribution in [-0.4, -0.2) is 15.0 Å². The van der Waals surface area contributed by atoms with E-state index in [9.17, 15) is 5.26 Å². The van der Waals surface area contributed by atoms with E-state index in [0.717, 1.165) is 29.6 Å². The molecular weight excluding hydrogens is 274 g/mol. The maximum atomic E-state index is 9.24. The van der Waals surface area contributed by atoms with Gasteiger partial charge in [0.1, 0.15) is 17.8 Å². The number of anilines is 1. The zero-order chi connectivity index (χ0) is 15.4. The smallest absolute Gasteiger partial charge is 0.123 e. The number of hydrogen-bond acceptors (Lipinski definition) is 4. The molecule has 3 aromatic rings. The highest BCUT2D eigenvalue weighted by Gasteiger charge is 2.15. The third-order valence-corrected chi connectivity index (χ3v) is 3.60. The second-order valence-electron chi connectivity index (χ2n) is 5.13. The van der Waals surface area contributed by atoms with Crippen LogP contribution in [0.1, 0.15) is 31.5 Å². The molecule has 0 aliphatic carbocycles. The van der Waals surface area contributed by atoms with Crippen molar-refractivity contribution in [3.05, 3.63) is 54.1 Å². The molecule has 5 heteroatoms. The molecule has 0 radical (unpaired) electrons. The van der Waals surface area contributed by atoms with Crippen molar-refractivity contribution in [1.29, 1.82) is 5.26 Å². The van der Waals surface area contributed by atoms with Gasteiger partial charge in [-0.25, -0.2) is 4.68 Å². The fourth-order valence-electron chi connectivity index (χ4n) is 2.53. The first-order chi connectivity index (χ1) is 10.8. The number of rotatable bonds is 5. The normalized spacial score (nSPS) is 12.0. The van der Waals surface area contributed by atoms with Gasteiger partial charge in [0.05, 0.1) is 16.8 Å². The first-order valence-electron chi connectivity index (χ1n) is 7.39. The van der Waals surface area contributed by atoms with Crippen molar-refractivity contribution in [2.75, 3.05) is 5.32 Å². The molecule has 1 aromatic heterocycles. The maximum Gasteiger partial charge on any atom is 0.123 e. The maximum absolute atomic E-state index is 9.24. The van der Waals surface area contributed by atoms with E-state index < -0.39 is 0 Å². The third kappa shape index (κ3) is 2.63. The Labute approximate surface area is 129 Å². The SMILES string of the molecule is CCC[C@H](Nc1ccccc1C#N)n1nnc2ccccc21. The van der Waals surface area contributed by atoms with E-state index in [4.69, 9.17) is 0 Å². The number of aromatic nitrogens is 3. The van der Waals surface area contributed by atoms with Crippen LogP contribution in [0.3, 0.4) is 0 Å². The van der Waals surface area contributed by atoms with Crippen LogP contribution in [0.25, 0.3) is 11.0 Å². The summed E-state index contributed by atoms with van der Waals surface area (Å²) in [4.78, 5) is 0. The molecule has 0 saturated heterocycles. The van der Waals surface area contributed by atoms with Crippen LogP contribution in [-0.2, 0) is 0 Å². The summed E-state index contributed by atoms with van der Waals surface area (Å²) in [5.74, 6) is 0. The monoisotopic (exact) mass is 291 g/mol. The molecule has 1 heterocycles. The minimum absolute atomic E-state index is 0.0353. The van der Waals surface area contributed by atoms with Crippen LogP contribution in [0.4, 0.5) is 5.69 Å². The van der Waals surface area contributed by atoms with Crippen molar-refractivity contribution in [2.45, 2.75) is 25.9 Å². The molecule has 3 rings (SSSR count). The first kappa shape index (κ1) is 14.1. The Kier molecular flexibility index (Phi) is 4.01. The standard InChI is InChI=1S/C17H17N5/c1-2-7-17(19-14-9-4-3-8-13(14)12-18)22-16-11-6-5-10-15(16)20-21-22/h3-6,8-11,17,19H,2,7H2,1H3/t17-/m1/s1. The van der Waals surface area contributed by atoms with E-state index in [1.165, 1.54) is 0 Å². The first-order valence-corrected chi connectivity index (χ1v) is 7.39. The van der Waals surface area contributed by atoms with Gasteiger partial charge in [0.25, 0.3) is 0 Å². The summed E-state index contributed by atoms with van der Waals surface area (Å²) in [5, 5.41) is 21.2. The fourth-order valence-corrected chi connectivity index (χ4v) is 2.53. The van der Waals surface area contributed by atoms with E-state index in [-0.39, 0.29) is 6.17 Å². The quantitative estimate of drug-likeness (QED) is 0.778. The average Bonchev–Trinajstić information content (AvgIpc) is 2.99. The van der Waals surface area contributed by atoms with Crippen LogP contribution in [0.15, 0.2) is 48.5 Å². The molecule has 0 bridgehead atoms. The third-order valence-electron chi connectivity index (χ3n) is 3.60. The van der Waals surface area contributed by atoms with Crippen molar-refractivity contribution in [3.63, 3.8) is 0 Å². The summed E-state index contributed by atoms with van der Waals surface area (Å²) in [7, 11) is 0. The highest BCUT2D eigenvalue weighted by atomic mass is 15.5. The summed E-state index contributed by atoms with van der Waals surface area (Å²) in [5.41, 5.74) is 3.32. The molecule has 0 aliphatic rings. The molecule has 0 amide bonds. The van der Waals surface area contributed by atoms with Crippen LogP contribution in [0, 0.1) is 11.3 Å². The highest BCUT2D eigenvalue weighted by Crippen LogP contribution is 2.24. The second kappa shape index (κ2) is 6.27.